The number of hydrogen-bond donors (Lipinski definition) is 0. The normalized spacial score (nSPS) is 11.8. The van der Waals surface area contributed by atoms with E-state index in [0.29, 0.717) is 0 Å². The van der Waals surface area contributed by atoms with Gasteiger partial charge in [0.2, 0.25) is 0 Å². The van der Waals surface area contributed by atoms with Gasteiger partial charge in [-0.2, -0.15) is 0 Å². The zero-order chi connectivity index (χ0) is 30.9. The van der Waals surface area contributed by atoms with E-state index in [0.717, 1.165) is 28.3 Å². The Labute approximate surface area is 271 Å². The highest BCUT2D eigenvalue weighted by Gasteiger charge is 2.21. The van der Waals surface area contributed by atoms with Gasteiger partial charge < -0.3 is 13.7 Å². The van der Waals surface area contributed by atoms with Gasteiger partial charge in [0.1, 0.15) is 0 Å². The molecule has 0 N–H and O–H groups in total. The maximum absolute atomic E-state index is 4.64. The molecule has 220 valence electrons. The molecule has 0 aliphatic carbocycles. The quantitative estimate of drug-likeness (QED) is 0.197. The second-order valence-corrected chi connectivity index (χ2v) is 12.1. The molecule has 0 aliphatic heterocycles. The molecule has 0 spiro atoms. The summed E-state index contributed by atoms with van der Waals surface area (Å²) in [7, 11) is 0. The van der Waals surface area contributed by atoms with Crippen LogP contribution in [0.2, 0.25) is 0 Å². The number of pyridine rings is 1. The lowest BCUT2D eigenvalue weighted by Crippen LogP contribution is -1.96. The summed E-state index contributed by atoms with van der Waals surface area (Å²) in [6.07, 6.45) is 4.05. The fourth-order valence-electron chi connectivity index (χ4n) is 7.46. The summed E-state index contributed by atoms with van der Waals surface area (Å²) in [4.78, 5) is 4.64. The fraction of sp³-hybridized carbons (Fsp3) is 0. The lowest BCUT2D eigenvalue weighted by molar-refractivity contribution is 1.13. The minimum Gasteiger partial charge on any atom is -0.316 e. The number of hydrogen-bond acceptors (Lipinski definition) is 1. The Morgan fingerprint density at radius 1 is 0.383 bits per heavy atom. The third-order valence-electron chi connectivity index (χ3n) is 9.50. The molecule has 0 amide bonds. The van der Waals surface area contributed by atoms with Crippen LogP contribution >= 0.6 is 0 Å². The predicted molar refractivity (Wildman–Crippen MR) is 195 cm³/mol. The Morgan fingerprint density at radius 3 is 1.94 bits per heavy atom. The molecular weight excluding hydrogens is 573 g/mol. The summed E-state index contributed by atoms with van der Waals surface area (Å²) in [5.74, 6) is 0. The van der Waals surface area contributed by atoms with Gasteiger partial charge in [-0.3, -0.25) is 4.98 Å². The first kappa shape index (κ1) is 25.9. The average Bonchev–Trinajstić information content (AvgIpc) is 3.82. The molecular formula is C43H28N4. The summed E-state index contributed by atoms with van der Waals surface area (Å²) in [5.41, 5.74) is 11.4. The molecule has 4 aromatic heterocycles. The van der Waals surface area contributed by atoms with Gasteiger partial charge in [-0.05, 0) is 78.9 Å². The Balaban J connectivity index is 1.32. The number of aromatic nitrogens is 4. The second kappa shape index (κ2) is 10.1. The predicted octanol–water partition coefficient (Wildman–Crippen LogP) is 10.9. The standard InChI is InChI=1S/C43H28N4/c1-3-13-30(14-4-1)45-25-23-35-39(45)22-21-34-37-27-36-33-18-7-8-20-40(33)46(32-17-11-12-29(26-32)38-19-9-10-24-44-38)41(36)28-42(37)47(43(34)35)31-15-5-2-6-16-31/h1-28H. The van der Waals surface area contributed by atoms with Crippen molar-refractivity contribution in [1.82, 2.24) is 18.7 Å². The first-order valence-electron chi connectivity index (χ1n) is 16.0. The monoisotopic (exact) mass is 600 g/mol. The van der Waals surface area contributed by atoms with Crippen LogP contribution in [0.1, 0.15) is 0 Å². The fourth-order valence-corrected chi connectivity index (χ4v) is 7.46. The van der Waals surface area contributed by atoms with Crippen LogP contribution in [0.5, 0.6) is 0 Å². The lowest BCUT2D eigenvalue weighted by atomic mass is 10.1. The zero-order valence-electron chi connectivity index (χ0n) is 25.5. The van der Waals surface area contributed by atoms with Crippen LogP contribution in [0, 0.1) is 0 Å². The molecule has 6 aromatic carbocycles. The van der Waals surface area contributed by atoms with E-state index in [-0.39, 0.29) is 0 Å². The van der Waals surface area contributed by atoms with Gasteiger partial charge in [-0.15, -0.1) is 0 Å². The molecule has 4 heterocycles. The molecule has 0 saturated heterocycles. The molecule has 4 nitrogen and oxygen atoms in total. The largest absolute Gasteiger partial charge is 0.316 e. The summed E-state index contributed by atoms with van der Waals surface area (Å²) < 4.78 is 7.15. The van der Waals surface area contributed by atoms with Gasteiger partial charge in [0, 0.05) is 62.0 Å². The van der Waals surface area contributed by atoms with E-state index in [9.17, 15) is 0 Å². The number of para-hydroxylation sites is 3. The van der Waals surface area contributed by atoms with Crippen molar-refractivity contribution < 1.29 is 0 Å². The Morgan fingerprint density at radius 2 is 1.11 bits per heavy atom. The molecule has 0 bridgehead atoms. The van der Waals surface area contributed by atoms with Gasteiger partial charge in [-0.1, -0.05) is 78.9 Å². The topological polar surface area (TPSA) is 27.7 Å². The van der Waals surface area contributed by atoms with Crippen molar-refractivity contribution >= 4 is 54.5 Å². The highest BCUT2D eigenvalue weighted by atomic mass is 15.0. The highest BCUT2D eigenvalue weighted by Crippen LogP contribution is 2.42. The van der Waals surface area contributed by atoms with Crippen molar-refractivity contribution in [3.05, 3.63) is 170 Å². The molecule has 4 heteroatoms. The van der Waals surface area contributed by atoms with Crippen molar-refractivity contribution in [2.75, 3.05) is 0 Å². The van der Waals surface area contributed by atoms with Crippen molar-refractivity contribution in [2.24, 2.45) is 0 Å². The smallest absolute Gasteiger partial charge is 0.0702 e. The van der Waals surface area contributed by atoms with Gasteiger partial charge >= 0.3 is 0 Å². The van der Waals surface area contributed by atoms with Crippen LogP contribution in [0.25, 0.3) is 82.8 Å². The summed E-state index contributed by atoms with van der Waals surface area (Å²) in [6, 6.07) is 56.5. The Kier molecular flexibility index (Phi) is 5.54. The molecule has 0 aliphatic rings. The maximum Gasteiger partial charge on any atom is 0.0702 e. The van der Waals surface area contributed by atoms with E-state index in [4.69, 9.17) is 0 Å². The molecule has 0 unspecified atom stereocenters. The number of benzene rings is 6. The maximum atomic E-state index is 4.64. The number of rotatable bonds is 4. The van der Waals surface area contributed by atoms with Crippen LogP contribution in [0.3, 0.4) is 0 Å². The third kappa shape index (κ3) is 3.85. The molecule has 10 aromatic rings. The summed E-state index contributed by atoms with van der Waals surface area (Å²) in [5, 5.41) is 6.20. The average molecular weight is 601 g/mol. The van der Waals surface area contributed by atoms with Crippen LogP contribution in [-0.2, 0) is 0 Å². The molecule has 0 saturated carbocycles. The first-order chi connectivity index (χ1) is 23.3. The van der Waals surface area contributed by atoms with E-state index in [1.165, 1.54) is 54.5 Å². The van der Waals surface area contributed by atoms with E-state index in [2.05, 4.69) is 170 Å². The minimum absolute atomic E-state index is 0.966. The Bertz CT molecular complexity index is 2770. The first-order valence-corrected chi connectivity index (χ1v) is 16.0. The summed E-state index contributed by atoms with van der Waals surface area (Å²) >= 11 is 0. The van der Waals surface area contributed by atoms with Gasteiger partial charge in [0.25, 0.3) is 0 Å². The summed E-state index contributed by atoms with van der Waals surface area (Å²) in [6.45, 7) is 0. The van der Waals surface area contributed by atoms with Gasteiger partial charge in [0.15, 0.2) is 0 Å². The lowest BCUT2D eigenvalue weighted by Gasteiger charge is -2.11. The molecule has 10 rings (SSSR count). The van der Waals surface area contributed by atoms with E-state index < -0.39 is 0 Å². The van der Waals surface area contributed by atoms with E-state index in [1.54, 1.807) is 0 Å². The van der Waals surface area contributed by atoms with E-state index >= 15 is 0 Å². The second-order valence-electron chi connectivity index (χ2n) is 12.1. The van der Waals surface area contributed by atoms with Crippen LogP contribution < -0.4 is 0 Å². The number of nitrogens with zero attached hydrogens (tertiary/aromatic N) is 4. The van der Waals surface area contributed by atoms with Crippen LogP contribution in [-0.4, -0.2) is 18.7 Å². The van der Waals surface area contributed by atoms with Crippen molar-refractivity contribution in [3.8, 4) is 28.3 Å². The molecule has 0 fully saturated rings. The van der Waals surface area contributed by atoms with Crippen LogP contribution in [0.15, 0.2) is 170 Å². The highest BCUT2D eigenvalue weighted by molar-refractivity contribution is 6.23. The van der Waals surface area contributed by atoms with E-state index in [1.807, 2.05) is 18.3 Å². The third-order valence-corrected chi connectivity index (χ3v) is 9.50. The van der Waals surface area contributed by atoms with Crippen molar-refractivity contribution in [2.45, 2.75) is 0 Å². The van der Waals surface area contributed by atoms with Crippen LogP contribution in [0.4, 0.5) is 0 Å². The van der Waals surface area contributed by atoms with Gasteiger partial charge in [0.05, 0.1) is 33.3 Å². The Hall–Kier alpha value is -6.39. The molecule has 47 heavy (non-hydrogen) atoms. The van der Waals surface area contributed by atoms with Crippen molar-refractivity contribution in [1.29, 1.82) is 0 Å². The SMILES string of the molecule is c1ccc(-n2ccc3c2ccc2c4cc5c6ccccc6n(-c6cccc(-c7ccccn7)c6)c5cc4n(-c4ccccc4)c23)cc1. The minimum atomic E-state index is 0.966. The number of fused-ring (bicyclic) bond motifs is 8. The zero-order valence-corrected chi connectivity index (χ0v) is 25.5. The van der Waals surface area contributed by atoms with Crippen molar-refractivity contribution in [3.63, 3.8) is 0 Å². The van der Waals surface area contributed by atoms with Gasteiger partial charge in [-0.25, -0.2) is 0 Å². The molecule has 0 atom stereocenters. The molecule has 0 radical (unpaired) electrons.